The van der Waals surface area contributed by atoms with E-state index in [9.17, 15) is 4.79 Å². The number of carbonyl (C=O) groups is 1. The van der Waals surface area contributed by atoms with Crippen LogP contribution in [0.25, 0.3) is 0 Å². The number of hydrogen-bond acceptors (Lipinski definition) is 3. The van der Waals surface area contributed by atoms with Crippen LogP contribution in [-0.2, 0) is 4.79 Å². The van der Waals surface area contributed by atoms with Gasteiger partial charge in [-0.15, -0.1) is 0 Å². The quantitative estimate of drug-likeness (QED) is 0.794. The zero-order valence-electron chi connectivity index (χ0n) is 12.3. The van der Waals surface area contributed by atoms with Gasteiger partial charge in [0.15, 0.2) is 0 Å². The van der Waals surface area contributed by atoms with Gasteiger partial charge < -0.3 is 5.32 Å². The normalized spacial score (nSPS) is 14.2. The summed E-state index contributed by atoms with van der Waals surface area (Å²) < 4.78 is 0. The van der Waals surface area contributed by atoms with Gasteiger partial charge in [-0.3, -0.25) is 15.1 Å². The predicted octanol–water partition coefficient (Wildman–Crippen LogP) is 2.43. The first-order valence-corrected chi connectivity index (χ1v) is 7.05. The van der Waals surface area contributed by atoms with Crippen molar-refractivity contribution in [1.82, 2.24) is 15.6 Å². The van der Waals surface area contributed by atoms with Crippen LogP contribution in [0.3, 0.4) is 0 Å². The second-order valence-electron chi connectivity index (χ2n) is 4.89. The first kappa shape index (κ1) is 15.6. The molecule has 0 spiro atoms. The first-order chi connectivity index (χ1) is 9.08. The number of nitrogens with zero attached hydrogens (tertiary/aromatic N) is 1. The van der Waals surface area contributed by atoms with Gasteiger partial charge in [0, 0.05) is 18.3 Å². The number of carbonyl (C=O) groups excluding carboxylic acids is 1. The number of nitrogens with one attached hydrogen (secondary N) is 2. The maximum absolute atomic E-state index is 12.0. The van der Waals surface area contributed by atoms with Crippen LogP contribution in [0.1, 0.15) is 52.3 Å². The Hall–Kier alpha value is -1.42. The minimum Gasteiger partial charge on any atom is -0.352 e. The van der Waals surface area contributed by atoms with Gasteiger partial charge in [0.1, 0.15) is 0 Å². The van der Waals surface area contributed by atoms with Gasteiger partial charge in [0.25, 0.3) is 0 Å². The highest BCUT2D eigenvalue weighted by atomic mass is 16.2. The molecule has 1 unspecified atom stereocenters. The molecule has 1 aromatic rings. The average Bonchev–Trinajstić information content (AvgIpc) is 2.45. The third kappa shape index (κ3) is 4.99. The van der Waals surface area contributed by atoms with E-state index in [1.807, 2.05) is 32.0 Å². The zero-order valence-corrected chi connectivity index (χ0v) is 12.3. The summed E-state index contributed by atoms with van der Waals surface area (Å²) in [5.74, 6) is 0.0523. The molecule has 2 atom stereocenters. The van der Waals surface area contributed by atoms with Crippen LogP contribution < -0.4 is 10.6 Å². The van der Waals surface area contributed by atoms with Gasteiger partial charge in [0.2, 0.25) is 5.91 Å². The van der Waals surface area contributed by atoms with Gasteiger partial charge in [0.05, 0.1) is 11.7 Å². The van der Waals surface area contributed by atoms with Gasteiger partial charge in [-0.25, -0.2) is 0 Å². The Morgan fingerprint density at radius 1 is 1.26 bits per heavy atom. The number of hydrogen-bond donors (Lipinski definition) is 2. The van der Waals surface area contributed by atoms with E-state index in [-0.39, 0.29) is 24.0 Å². The summed E-state index contributed by atoms with van der Waals surface area (Å²) in [6.07, 6.45) is 3.69. The topological polar surface area (TPSA) is 54.0 Å². The molecular formula is C15H25N3O. The molecule has 1 rings (SSSR count). The monoisotopic (exact) mass is 263 g/mol. The summed E-state index contributed by atoms with van der Waals surface area (Å²) in [5, 5.41) is 6.33. The highest BCUT2D eigenvalue weighted by Gasteiger charge is 2.18. The highest BCUT2D eigenvalue weighted by Crippen LogP contribution is 2.09. The lowest BCUT2D eigenvalue weighted by molar-refractivity contribution is -0.123. The van der Waals surface area contributed by atoms with E-state index in [2.05, 4.69) is 29.5 Å². The fourth-order valence-electron chi connectivity index (χ4n) is 1.99. The molecule has 0 radical (unpaired) electrons. The van der Waals surface area contributed by atoms with E-state index in [0.717, 1.165) is 18.5 Å². The summed E-state index contributed by atoms with van der Waals surface area (Å²) in [7, 11) is 0. The van der Waals surface area contributed by atoms with Crippen molar-refractivity contribution in [1.29, 1.82) is 0 Å². The standard InChI is InChI=1S/C15H25N3O/c1-5-13(6-2)18-15(19)12(4)17-11(3)14-9-7-8-10-16-14/h7-13,17H,5-6H2,1-4H3,(H,18,19)/t11-,12?/m1/s1. The number of amides is 1. The van der Waals surface area contributed by atoms with Crippen molar-refractivity contribution >= 4 is 5.91 Å². The van der Waals surface area contributed by atoms with Crippen molar-refractivity contribution in [3.05, 3.63) is 30.1 Å². The van der Waals surface area contributed by atoms with Crippen molar-refractivity contribution in [2.75, 3.05) is 0 Å². The first-order valence-electron chi connectivity index (χ1n) is 7.05. The van der Waals surface area contributed by atoms with Crippen LogP contribution in [0.2, 0.25) is 0 Å². The van der Waals surface area contributed by atoms with Crippen LogP contribution in [0.15, 0.2) is 24.4 Å². The summed E-state index contributed by atoms with van der Waals surface area (Å²) >= 11 is 0. The van der Waals surface area contributed by atoms with Crippen molar-refractivity contribution in [2.24, 2.45) is 0 Å². The molecule has 19 heavy (non-hydrogen) atoms. The Labute approximate surface area is 116 Å². The molecule has 0 aliphatic rings. The zero-order chi connectivity index (χ0) is 14.3. The van der Waals surface area contributed by atoms with Gasteiger partial charge in [-0.05, 0) is 38.8 Å². The van der Waals surface area contributed by atoms with Crippen LogP contribution in [-0.4, -0.2) is 23.0 Å². The molecule has 0 aromatic carbocycles. The number of rotatable bonds is 7. The van der Waals surface area contributed by atoms with Crippen LogP contribution in [0, 0.1) is 0 Å². The molecule has 0 aliphatic heterocycles. The van der Waals surface area contributed by atoms with E-state index in [1.54, 1.807) is 6.20 Å². The van der Waals surface area contributed by atoms with Crippen molar-refractivity contribution in [3.63, 3.8) is 0 Å². The van der Waals surface area contributed by atoms with E-state index < -0.39 is 0 Å². The molecule has 1 amide bonds. The fourth-order valence-corrected chi connectivity index (χ4v) is 1.99. The van der Waals surface area contributed by atoms with Crippen LogP contribution >= 0.6 is 0 Å². The lowest BCUT2D eigenvalue weighted by Crippen LogP contribution is -2.46. The van der Waals surface area contributed by atoms with Crippen molar-refractivity contribution < 1.29 is 4.79 Å². The Morgan fingerprint density at radius 2 is 1.95 bits per heavy atom. The molecule has 4 heteroatoms. The smallest absolute Gasteiger partial charge is 0.237 e. The van der Waals surface area contributed by atoms with Gasteiger partial charge >= 0.3 is 0 Å². The summed E-state index contributed by atoms with van der Waals surface area (Å²) in [4.78, 5) is 16.3. The predicted molar refractivity (Wildman–Crippen MR) is 77.8 cm³/mol. The molecule has 0 fully saturated rings. The maximum atomic E-state index is 12.0. The second-order valence-corrected chi connectivity index (χ2v) is 4.89. The minimum absolute atomic E-state index is 0.0523. The van der Waals surface area contributed by atoms with E-state index in [0.29, 0.717) is 0 Å². The highest BCUT2D eigenvalue weighted by molar-refractivity contribution is 5.81. The molecule has 0 saturated carbocycles. The number of aromatic nitrogens is 1. The Kier molecular flexibility index (Phi) is 6.50. The van der Waals surface area contributed by atoms with Crippen molar-refractivity contribution in [3.8, 4) is 0 Å². The molecule has 1 aromatic heterocycles. The minimum atomic E-state index is -0.224. The SMILES string of the molecule is CCC(CC)NC(=O)C(C)N[C@H](C)c1ccccn1. The molecule has 106 valence electrons. The Bertz CT molecular complexity index is 376. The number of pyridine rings is 1. The second kappa shape index (κ2) is 7.89. The largest absolute Gasteiger partial charge is 0.352 e. The maximum Gasteiger partial charge on any atom is 0.237 e. The molecular weight excluding hydrogens is 238 g/mol. The third-order valence-corrected chi connectivity index (χ3v) is 3.36. The molecule has 2 N–H and O–H groups in total. The summed E-state index contributed by atoms with van der Waals surface area (Å²) in [6.45, 7) is 8.08. The molecule has 0 saturated heterocycles. The molecule has 0 aliphatic carbocycles. The lowest BCUT2D eigenvalue weighted by atomic mass is 10.1. The lowest BCUT2D eigenvalue weighted by Gasteiger charge is -2.22. The van der Waals surface area contributed by atoms with Gasteiger partial charge in [-0.1, -0.05) is 19.9 Å². The van der Waals surface area contributed by atoms with E-state index in [1.165, 1.54) is 0 Å². The van der Waals surface area contributed by atoms with E-state index in [4.69, 9.17) is 0 Å². The molecule has 4 nitrogen and oxygen atoms in total. The van der Waals surface area contributed by atoms with Crippen LogP contribution in [0.4, 0.5) is 0 Å². The van der Waals surface area contributed by atoms with E-state index >= 15 is 0 Å². The summed E-state index contributed by atoms with van der Waals surface area (Å²) in [6, 6.07) is 5.90. The fraction of sp³-hybridized carbons (Fsp3) is 0.600. The molecule has 1 heterocycles. The average molecular weight is 263 g/mol. The van der Waals surface area contributed by atoms with Crippen LogP contribution in [0.5, 0.6) is 0 Å². The third-order valence-electron chi connectivity index (χ3n) is 3.36. The Morgan fingerprint density at radius 3 is 2.47 bits per heavy atom. The molecule has 0 bridgehead atoms. The Balaban J connectivity index is 2.50. The van der Waals surface area contributed by atoms with Crippen molar-refractivity contribution in [2.45, 2.75) is 58.7 Å². The van der Waals surface area contributed by atoms with Gasteiger partial charge in [-0.2, -0.15) is 0 Å². The summed E-state index contributed by atoms with van der Waals surface area (Å²) in [5.41, 5.74) is 0.949.